The standard InChI is InChI=1S/C18H23N7.HI/c1-19-18(21-9-14-10-22-25(3)12-14)24(2)13-17-20-11-16(23-17)15-7-5-4-6-8-15;/h4-8,10-12H,9,13H2,1-3H3,(H,19,21)(H,20,23);1H. The summed E-state index contributed by atoms with van der Waals surface area (Å²) in [6.07, 6.45) is 5.70. The van der Waals surface area contributed by atoms with Crippen LogP contribution in [0.3, 0.4) is 0 Å². The molecular formula is C18H24IN7. The summed E-state index contributed by atoms with van der Waals surface area (Å²) in [6, 6.07) is 10.2. The van der Waals surface area contributed by atoms with Crippen LogP contribution in [0.4, 0.5) is 0 Å². The molecule has 0 aliphatic rings. The van der Waals surface area contributed by atoms with Crippen molar-refractivity contribution in [2.45, 2.75) is 13.1 Å². The first-order chi connectivity index (χ1) is 12.2. The zero-order chi connectivity index (χ0) is 17.6. The Kier molecular flexibility index (Phi) is 7.19. The van der Waals surface area contributed by atoms with Crippen LogP contribution in [-0.2, 0) is 20.1 Å². The maximum absolute atomic E-state index is 4.48. The van der Waals surface area contributed by atoms with Gasteiger partial charge in [0.05, 0.1) is 24.6 Å². The zero-order valence-electron chi connectivity index (χ0n) is 15.2. The first-order valence-corrected chi connectivity index (χ1v) is 8.14. The molecule has 8 heteroatoms. The van der Waals surface area contributed by atoms with Crippen LogP contribution >= 0.6 is 24.0 Å². The number of benzene rings is 1. The van der Waals surface area contributed by atoms with Crippen molar-refractivity contribution in [2.75, 3.05) is 14.1 Å². The van der Waals surface area contributed by atoms with Crippen LogP contribution in [-0.4, -0.2) is 44.7 Å². The van der Waals surface area contributed by atoms with E-state index >= 15 is 0 Å². The minimum absolute atomic E-state index is 0. The Balaban J connectivity index is 0.00000243. The predicted octanol–water partition coefficient (Wildman–Crippen LogP) is 2.64. The molecule has 1 aromatic carbocycles. The highest BCUT2D eigenvalue weighted by Crippen LogP contribution is 2.16. The Morgan fingerprint density at radius 2 is 2.04 bits per heavy atom. The van der Waals surface area contributed by atoms with Crippen molar-refractivity contribution >= 4 is 29.9 Å². The molecule has 0 amide bonds. The van der Waals surface area contributed by atoms with Crippen LogP contribution in [0.15, 0.2) is 53.9 Å². The van der Waals surface area contributed by atoms with E-state index in [4.69, 9.17) is 0 Å². The largest absolute Gasteiger partial charge is 0.352 e. The number of hydrogen-bond acceptors (Lipinski definition) is 3. The first kappa shape index (κ1) is 20.0. The molecule has 2 N–H and O–H groups in total. The first-order valence-electron chi connectivity index (χ1n) is 8.14. The van der Waals surface area contributed by atoms with Gasteiger partial charge in [0.1, 0.15) is 5.82 Å². The molecule has 0 unspecified atom stereocenters. The normalized spacial score (nSPS) is 11.1. The Labute approximate surface area is 170 Å². The molecule has 3 rings (SSSR count). The second-order valence-electron chi connectivity index (χ2n) is 5.89. The average Bonchev–Trinajstić information content (AvgIpc) is 3.25. The van der Waals surface area contributed by atoms with Gasteiger partial charge in [0.15, 0.2) is 5.96 Å². The maximum atomic E-state index is 4.48. The molecule has 0 bridgehead atoms. The van der Waals surface area contributed by atoms with Gasteiger partial charge in [0.25, 0.3) is 0 Å². The number of H-pyrrole nitrogens is 1. The van der Waals surface area contributed by atoms with Gasteiger partial charge in [-0.25, -0.2) is 4.98 Å². The molecule has 2 heterocycles. The summed E-state index contributed by atoms with van der Waals surface area (Å²) in [6.45, 7) is 1.32. The second kappa shape index (κ2) is 9.37. The number of aliphatic imine (C=N–C) groups is 1. The summed E-state index contributed by atoms with van der Waals surface area (Å²) in [5, 5.41) is 7.51. The number of halogens is 1. The Morgan fingerprint density at radius 1 is 1.27 bits per heavy atom. The van der Waals surface area contributed by atoms with Crippen molar-refractivity contribution in [3.8, 4) is 11.3 Å². The SMILES string of the molecule is CN=C(NCc1cnn(C)c1)N(C)Cc1ncc(-c2ccccc2)[nH]1.I. The molecule has 3 aromatic rings. The van der Waals surface area contributed by atoms with Crippen LogP contribution in [0, 0.1) is 0 Å². The van der Waals surface area contributed by atoms with Gasteiger partial charge in [-0.2, -0.15) is 5.10 Å². The van der Waals surface area contributed by atoms with Gasteiger partial charge >= 0.3 is 0 Å². The van der Waals surface area contributed by atoms with E-state index in [1.807, 2.05) is 55.8 Å². The summed E-state index contributed by atoms with van der Waals surface area (Å²) >= 11 is 0. The summed E-state index contributed by atoms with van der Waals surface area (Å²) in [7, 11) is 5.68. The number of nitrogens with one attached hydrogen (secondary N) is 2. The van der Waals surface area contributed by atoms with Crippen molar-refractivity contribution in [2.24, 2.45) is 12.0 Å². The van der Waals surface area contributed by atoms with E-state index < -0.39 is 0 Å². The van der Waals surface area contributed by atoms with Crippen molar-refractivity contribution < 1.29 is 0 Å². The molecule has 0 aliphatic carbocycles. The van der Waals surface area contributed by atoms with E-state index in [0.717, 1.165) is 28.6 Å². The van der Waals surface area contributed by atoms with E-state index in [-0.39, 0.29) is 24.0 Å². The van der Waals surface area contributed by atoms with Gasteiger partial charge in [0.2, 0.25) is 0 Å². The van der Waals surface area contributed by atoms with Crippen molar-refractivity contribution in [3.63, 3.8) is 0 Å². The molecule has 0 radical (unpaired) electrons. The van der Waals surface area contributed by atoms with Gasteiger partial charge in [-0.1, -0.05) is 30.3 Å². The highest BCUT2D eigenvalue weighted by Gasteiger charge is 2.10. The third-order valence-corrected chi connectivity index (χ3v) is 3.88. The molecule has 0 saturated carbocycles. The highest BCUT2D eigenvalue weighted by molar-refractivity contribution is 14.0. The van der Waals surface area contributed by atoms with E-state index in [1.165, 1.54) is 0 Å². The van der Waals surface area contributed by atoms with E-state index in [9.17, 15) is 0 Å². The molecular weight excluding hydrogens is 441 g/mol. The minimum atomic E-state index is 0. The van der Waals surface area contributed by atoms with Crippen LogP contribution in [0.25, 0.3) is 11.3 Å². The van der Waals surface area contributed by atoms with Crippen LogP contribution in [0.2, 0.25) is 0 Å². The maximum Gasteiger partial charge on any atom is 0.194 e. The fourth-order valence-corrected chi connectivity index (χ4v) is 2.64. The highest BCUT2D eigenvalue weighted by atomic mass is 127. The fraction of sp³-hybridized carbons (Fsp3) is 0.278. The van der Waals surface area contributed by atoms with E-state index in [2.05, 4.69) is 37.5 Å². The smallest absolute Gasteiger partial charge is 0.194 e. The van der Waals surface area contributed by atoms with Gasteiger partial charge in [0, 0.05) is 39.4 Å². The molecule has 2 aromatic heterocycles. The van der Waals surface area contributed by atoms with Crippen LogP contribution in [0.5, 0.6) is 0 Å². The molecule has 0 fully saturated rings. The number of aromatic amines is 1. The van der Waals surface area contributed by atoms with Gasteiger partial charge in [-0.3, -0.25) is 9.67 Å². The number of imidazole rings is 1. The number of guanidine groups is 1. The van der Waals surface area contributed by atoms with E-state index in [0.29, 0.717) is 13.1 Å². The third-order valence-electron chi connectivity index (χ3n) is 3.88. The number of aromatic nitrogens is 4. The average molecular weight is 465 g/mol. The molecule has 0 atom stereocenters. The fourth-order valence-electron chi connectivity index (χ4n) is 2.64. The molecule has 26 heavy (non-hydrogen) atoms. The number of hydrogen-bond donors (Lipinski definition) is 2. The molecule has 138 valence electrons. The zero-order valence-corrected chi connectivity index (χ0v) is 17.5. The lowest BCUT2D eigenvalue weighted by atomic mass is 10.2. The summed E-state index contributed by atoms with van der Waals surface area (Å²) in [5.41, 5.74) is 3.26. The van der Waals surface area contributed by atoms with E-state index in [1.54, 1.807) is 11.7 Å². The van der Waals surface area contributed by atoms with Gasteiger partial charge in [-0.05, 0) is 5.56 Å². The third kappa shape index (κ3) is 5.07. The minimum Gasteiger partial charge on any atom is -0.352 e. The number of nitrogens with zero attached hydrogens (tertiary/aromatic N) is 5. The summed E-state index contributed by atoms with van der Waals surface area (Å²) < 4.78 is 1.79. The Bertz CT molecular complexity index is 838. The lowest BCUT2D eigenvalue weighted by molar-refractivity contribution is 0.464. The number of rotatable bonds is 5. The van der Waals surface area contributed by atoms with Crippen LogP contribution < -0.4 is 5.32 Å². The van der Waals surface area contributed by atoms with Gasteiger partial charge in [-0.15, -0.1) is 24.0 Å². The van der Waals surface area contributed by atoms with Crippen molar-refractivity contribution in [1.29, 1.82) is 0 Å². The number of aryl methyl sites for hydroxylation is 1. The topological polar surface area (TPSA) is 74.1 Å². The summed E-state index contributed by atoms with van der Waals surface area (Å²) in [4.78, 5) is 14.2. The van der Waals surface area contributed by atoms with Crippen molar-refractivity contribution in [3.05, 3.63) is 60.3 Å². The van der Waals surface area contributed by atoms with Crippen LogP contribution in [0.1, 0.15) is 11.4 Å². The molecule has 0 spiro atoms. The summed E-state index contributed by atoms with van der Waals surface area (Å²) in [5.74, 6) is 1.70. The van der Waals surface area contributed by atoms with Gasteiger partial charge < -0.3 is 15.2 Å². The monoisotopic (exact) mass is 465 g/mol. The molecule has 0 aliphatic heterocycles. The quantitative estimate of drug-likeness (QED) is 0.345. The Morgan fingerprint density at radius 3 is 2.69 bits per heavy atom. The predicted molar refractivity (Wildman–Crippen MR) is 114 cm³/mol. The van der Waals surface area contributed by atoms with Crippen molar-refractivity contribution in [1.82, 2.24) is 30.0 Å². The Hall–Kier alpha value is -2.36. The lowest BCUT2D eigenvalue weighted by Gasteiger charge is -2.20. The molecule has 7 nitrogen and oxygen atoms in total. The second-order valence-corrected chi connectivity index (χ2v) is 5.89. The lowest BCUT2D eigenvalue weighted by Crippen LogP contribution is -2.38. The molecule has 0 saturated heterocycles.